The molecule has 0 aromatic carbocycles. The van der Waals surface area contributed by atoms with Gasteiger partial charge >= 0.3 is 0 Å². The van der Waals surface area contributed by atoms with Crippen LogP contribution in [-0.4, -0.2) is 35.1 Å². The van der Waals surface area contributed by atoms with E-state index in [1.54, 1.807) is 0 Å². The third-order valence-corrected chi connectivity index (χ3v) is 2.84. The van der Waals surface area contributed by atoms with Gasteiger partial charge in [-0.3, -0.25) is 0 Å². The molecule has 0 spiro atoms. The molecule has 0 atom stereocenters. The van der Waals surface area contributed by atoms with E-state index in [-0.39, 0.29) is 5.54 Å². The minimum Gasteiger partial charge on any atom is -0.349 e. The molecule has 15 heavy (non-hydrogen) atoms. The van der Waals surface area contributed by atoms with Gasteiger partial charge in [0.25, 0.3) is 0 Å². The van der Waals surface area contributed by atoms with Crippen LogP contribution in [-0.2, 0) is 0 Å². The van der Waals surface area contributed by atoms with Gasteiger partial charge < -0.3 is 10.2 Å². The Bertz CT molecular complexity index is 348. The number of rotatable bonds is 1. The molecule has 0 unspecified atom stereocenters. The van der Waals surface area contributed by atoms with Crippen molar-refractivity contribution in [2.45, 2.75) is 26.3 Å². The predicted octanol–water partition coefficient (Wildman–Crippen LogP) is 0.973. The summed E-state index contributed by atoms with van der Waals surface area (Å²) in [5.74, 6) is 1.87. The molecule has 1 saturated heterocycles. The lowest BCUT2D eigenvalue weighted by molar-refractivity contribution is 0.377. The summed E-state index contributed by atoms with van der Waals surface area (Å²) in [6.45, 7) is 9.41. The Hall–Kier alpha value is -1.16. The monoisotopic (exact) mass is 206 g/mol. The maximum absolute atomic E-state index is 4.48. The van der Waals surface area contributed by atoms with Crippen LogP contribution in [0.1, 0.15) is 19.7 Å². The van der Waals surface area contributed by atoms with E-state index in [0.29, 0.717) is 0 Å². The number of aromatic nitrogens is 2. The van der Waals surface area contributed by atoms with Gasteiger partial charge in [0.15, 0.2) is 0 Å². The Balaban J connectivity index is 2.29. The third-order valence-electron chi connectivity index (χ3n) is 2.84. The highest BCUT2D eigenvalue weighted by Gasteiger charge is 2.30. The molecule has 1 aromatic rings. The number of aryl methyl sites for hydroxylation is 1. The fourth-order valence-electron chi connectivity index (χ4n) is 2.00. The van der Waals surface area contributed by atoms with Crippen molar-refractivity contribution in [2.24, 2.45) is 0 Å². The smallest absolute Gasteiger partial charge is 0.132 e. The molecule has 0 bridgehead atoms. The summed E-state index contributed by atoms with van der Waals surface area (Å²) in [6, 6.07) is 1.99. The largest absolute Gasteiger partial charge is 0.349 e. The molecular formula is C11H18N4. The minimum absolute atomic E-state index is 0.124. The van der Waals surface area contributed by atoms with E-state index in [9.17, 15) is 0 Å². The van der Waals surface area contributed by atoms with Gasteiger partial charge in [-0.15, -0.1) is 0 Å². The summed E-state index contributed by atoms with van der Waals surface area (Å²) in [7, 11) is 0. The molecule has 1 aliphatic rings. The predicted molar refractivity (Wildman–Crippen MR) is 61.1 cm³/mol. The number of nitrogens with one attached hydrogen (secondary N) is 1. The highest BCUT2D eigenvalue weighted by molar-refractivity contribution is 5.41. The van der Waals surface area contributed by atoms with Gasteiger partial charge in [-0.2, -0.15) is 0 Å². The molecule has 4 heteroatoms. The number of nitrogens with zero attached hydrogens (tertiary/aromatic N) is 3. The normalized spacial score (nSPS) is 20.3. The van der Waals surface area contributed by atoms with Crippen molar-refractivity contribution in [1.29, 1.82) is 0 Å². The van der Waals surface area contributed by atoms with Crippen LogP contribution in [0.5, 0.6) is 0 Å². The van der Waals surface area contributed by atoms with Crippen molar-refractivity contribution in [3.8, 4) is 0 Å². The van der Waals surface area contributed by atoms with Crippen molar-refractivity contribution in [3.63, 3.8) is 0 Å². The fraction of sp³-hybridized carbons (Fsp3) is 0.636. The van der Waals surface area contributed by atoms with E-state index in [0.717, 1.165) is 31.3 Å². The van der Waals surface area contributed by atoms with Crippen molar-refractivity contribution >= 4 is 5.82 Å². The van der Waals surface area contributed by atoms with E-state index in [4.69, 9.17) is 0 Å². The molecule has 0 aliphatic carbocycles. The van der Waals surface area contributed by atoms with Crippen LogP contribution in [0.25, 0.3) is 0 Å². The number of piperazine rings is 1. The summed E-state index contributed by atoms with van der Waals surface area (Å²) < 4.78 is 0. The zero-order valence-corrected chi connectivity index (χ0v) is 9.62. The maximum atomic E-state index is 4.48. The van der Waals surface area contributed by atoms with Crippen LogP contribution >= 0.6 is 0 Å². The summed E-state index contributed by atoms with van der Waals surface area (Å²) in [4.78, 5) is 11.0. The zero-order valence-electron chi connectivity index (χ0n) is 9.62. The zero-order chi connectivity index (χ0) is 10.9. The molecule has 1 N–H and O–H groups in total. The summed E-state index contributed by atoms with van der Waals surface area (Å²) >= 11 is 0. The molecule has 0 saturated carbocycles. The Kier molecular flexibility index (Phi) is 2.61. The van der Waals surface area contributed by atoms with Crippen molar-refractivity contribution in [1.82, 2.24) is 15.3 Å². The Morgan fingerprint density at radius 3 is 2.93 bits per heavy atom. The van der Waals surface area contributed by atoms with E-state index in [1.807, 2.05) is 19.2 Å². The number of anilines is 1. The highest BCUT2D eigenvalue weighted by atomic mass is 15.3. The lowest BCUT2D eigenvalue weighted by Gasteiger charge is -2.43. The number of hydrogen-bond donors (Lipinski definition) is 1. The quantitative estimate of drug-likeness (QED) is 0.743. The highest BCUT2D eigenvalue weighted by Crippen LogP contribution is 2.22. The first-order valence-electron chi connectivity index (χ1n) is 5.38. The SMILES string of the molecule is Cc1nccc(N2CCNCC2(C)C)n1. The van der Waals surface area contributed by atoms with Gasteiger partial charge in [0.05, 0.1) is 0 Å². The Morgan fingerprint density at radius 2 is 2.27 bits per heavy atom. The van der Waals surface area contributed by atoms with Crippen LogP contribution in [0, 0.1) is 6.92 Å². The van der Waals surface area contributed by atoms with Gasteiger partial charge in [-0.1, -0.05) is 0 Å². The lowest BCUT2D eigenvalue weighted by Crippen LogP contribution is -2.58. The molecule has 1 aliphatic heterocycles. The van der Waals surface area contributed by atoms with Gasteiger partial charge in [0, 0.05) is 31.4 Å². The average molecular weight is 206 g/mol. The minimum atomic E-state index is 0.124. The second-order valence-electron chi connectivity index (χ2n) is 4.60. The molecule has 2 heterocycles. The fourth-order valence-corrected chi connectivity index (χ4v) is 2.00. The maximum Gasteiger partial charge on any atom is 0.132 e. The Morgan fingerprint density at radius 1 is 1.47 bits per heavy atom. The van der Waals surface area contributed by atoms with E-state index >= 15 is 0 Å². The number of hydrogen-bond acceptors (Lipinski definition) is 4. The second kappa shape index (κ2) is 3.77. The molecule has 2 rings (SSSR count). The van der Waals surface area contributed by atoms with E-state index in [2.05, 4.69) is 34.0 Å². The van der Waals surface area contributed by atoms with Gasteiger partial charge in [0.1, 0.15) is 11.6 Å². The summed E-state index contributed by atoms with van der Waals surface area (Å²) in [5, 5.41) is 3.40. The molecule has 0 amide bonds. The molecule has 0 radical (unpaired) electrons. The van der Waals surface area contributed by atoms with Gasteiger partial charge in [-0.25, -0.2) is 9.97 Å². The third kappa shape index (κ3) is 2.09. The van der Waals surface area contributed by atoms with Crippen molar-refractivity contribution in [3.05, 3.63) is 18.1 Å². The van der Waals surface area contributed by atoms with Crippen LogP contribution < -0.4 is 10.2 Å². The molecule has 1 aromatic heterocycles. The summed E-state index contributed by atoms with van der Waals surface area (Å²) in [5.41, 5.74) is 0.124. The molecule has 4 nitrogen and oxygen atoms in total. The first-order chi connectivity index (χ1) is 7.09. The van der Waals surface area contributed by atoms with Crippen LogP contribution in [0.15, 0.2) is 12.3 Å². The second-order valence-corrected chi connectivity index (χ2v) is 4.60. The van der Waals surface area contributed by atoms with Crippen LogP contribution in [0.3, 0.4) is 0 Å². The lowest BCUT2D eigenvalue weighted by atomic mass is 10.0. The van der Waals surface area contributed by atoms with E-state index in [1.165, 1.54) is 0 Å². The molecule has 1 fully saturated rings. The van der Waals surface area contributed by atoms with Crippen molar-refractivity contribution < 1.29 is 0 Å². The standard InChI is InChI=1S/C11H18N4/c1-9-13-5-4-10(14-9)15-7-6-12-8-11(15,2)3/h4-5,12H,6-8H2,1-3H3. The van der Waals surface area contributed by atoms with Gasteiger partial charge in [-0.05, 0) is 26.8 Å². The van der Waals surface area contributed by atoms with Crippen LogP contribution in [0.2, 0.25) is 0 Å². The first kappa shape index (κ1) is 10.4. The van der Waals surface area contributed by atoms with E-state index < -0.39 is 0 Å². The first-order valence-corrected chi connectivity index (χ1v) is 5.38. The molecular weight excluding hydrogens is 188 g/mol. The molecule has 82 valence electrons. The Labute approximate surface area is 90.7 Å². The van der Waals surface area contributed by atoms with Gasteiger partial charge in [0.2, 0.25) is 0 Å². The van der Waals surface area contributed by atoms with Crippen LogP contribution in [0.4, 0.5) is 5.82 Å². The average Bonchev–Trinajstić information content (AvgIpc) is 2.17. The topological polar surface area (TPSA) is 41.1 Å². The van der Waals surface area contributed by atoms with Crippen molar-refractivity contribution in [2.75, 3.05) is 24.5 Å². The summed E-state index contributed by atoms with van der Waals surface area (Å²) in [6.07, 6.45) is 1.83.